The van der Waals surface area contributed by atoms with E-state index >= 15 is 0 Å². The van der Waals surface area contributed by atoms with Gasteiger partial charge in [-0.1, -0.05) is 26.0 Å². The van der Waals surface area contributed by atoms with Gasteiger partial charge < -0.3 is 9.84 Å². The highest BCUT2D eigenvalue weighted by Gasteiger charge is 2.23. The van der Waals surface area contributed by atoms with Crippen molar-refractivity contribution in [3.63, 3.8) is 0 Å². The lowest BCUT2D eigenvalue weighted by molar-refractivity contribution is 0.122. The van der Waals surface area contributed by atoms with Gasteiger partial charge in [0.2, 0.25) is 0 Å². The van der Waals surface area contributed by atoms with Crippen LogP contribution in [-0.2, 0) is 0 Å². The second kappa shape index (κ2) is 5.75. The molecule has 0 radical (unpaired) electrons. The summed E-state index contributed by atoms with van der Waals surface area (Å²) in [5.74, 6) is 2.09. The summed E-state index contributed by atoms with van der Waals surface area (Å²) in [4.78, 5) is 0. The number of rotatable bonds is 3. The molecule has 0 bridgehead atoms. The van der Waals surface area contributed by atoms with Crippen LogP contribution in [0.4, 0.5) is 0 Å². The van der Waals surface area contributed by atoms with E-state index in [1.54, 1.807) is 7.11 Å². The van der Waals surface area contributed by atoms with E-state index in [1.807, 2.05) is 0 Å². The van der Waals surface area contributed by atoms with Gasteiger partial charge >= 0.3 is 0 Å². The summed E-state index contributed by atoms with van der Waals surface area (Å²) in [5, 5.41) is 9.59. The Kier molecular flexibility index (Phi) is 4.28. The molecule has 1 saturated carbocycles. The summed E-state index contributed by atoms with van der Waals surface area (Å²) in [6, 6.07) is 6.61. The molecule has 2 nitrogen and oxygen atoms in total. The Morgan fingerprint density at radius 3 is 2.39 bits per heavy atom. The normalized spacial score (nSPS) is 24.3. The van der Waals surface area contributed by atoms with Gasteiger partial charge in [-0.05, 0) is 54.7 Å². The third-order valence-electron chi connectivity index (χ3n) is 4.06. The molecule has 1 aromatic rings. The first-order valence-corrected chi connectivity index (χ1v) is 6.97. The fourth-order valence-corrected chi connectivity index (χ4v) is 2.81. The topological polar surface area (TPSA) is 29.5 Å². The molecule has 0 aromatic heterocycles. The second-order valence-corrected chi connectivity index (χ2v) is 5.66. The van der Waals surface area contributed by atoms with Crippen molar-refractivity contribution in [1.82, 2.24) is 0 Å². The largest absolute Gasteiger partial charge is 0.496 e. The van der Waals surface area contributed by atoms with Crippen molar-refractivity contribution >= 4 is 0 Å². The highest BCUT2D eigenvalue weighted by molar-refractivity contribution is 5.41. The number of aliphatic hydroxyl groups is 1. The van der Waals surface area contributed by atoms with E-state index < -0.39 is 0 Å². The predicted octanol–water partition coefficient (Wildman–Crippen LogP) is 3.84. The predicted molar refractivity (Wildman–Crippen MR) is 74.3 cm³/mol. The molecular formula is C16H24O2. The number of hydrogen-bond acceptors (Lipinski definition) is 2. The summed E-state index contributed by atoms with van der Waals surface area (Å²) in [7, 11) is 1.75. The van der Waals surface area contributed by atoms with Crippen molar-refractivity contribution < 1.29 is 9.84 Å². The number of benzene rings is 1. The molecule has 0 heterocycles. The molecule has 2 rings (SSSR count). The number of ether oxygens (including phenoxy) is 1. The fraction of sp³-hybridized carbons (Fsp3) is 0.625. The van der Waals surface area contributed by atoms with E-state index in [4.69, 9.17) is 4.74 Å². The molecule has 0 unspecified atom stereocenters. The van der Waals surface area contributed by atoms with Crippen LogP contribution in [0.3, 0.4) is 0 Å². The highest BCUT2D eigenvalue weighted by Crippen LogP contribution is 2.38. The maximum Gasteiger partial charge on any atom is 0.122 e. The second-order valence-electron chi connectivity index (χ2n) is 5.66. The maximum absolute atomic E-state index is 9.59. The average molecular weight is 248 g/mol. The zero-order valence-electron chi connectivity index (χ0n) is 11.6. The van der Waals surface area contributed by atoms with Crippen molar-refractivity contribution in [1.29, 1.82) is 0 Å². The minimum absolute atomic E-state index is 0.0952. The van der Waals surface area contributed by atoms with Crippen molar-refractivity contribution in [3.8, 4) is 5.75 Å². The van der Waals surface area contributed by atoms with Crippen LogP contribution in [0.2, 0.25) is 0 Å². The number of aliphatic hydroxyl groups excluding tert-OH is 1. The van der Waals surface area contributed by atoms with E-state index in [2.05, 4.69) is 32.0 Å². The lowest BCUT2D eigenvalue weighted by atomic mass is 9.82. The molecule has 0 amide bonds. The molecular weight excluding hydrogens is 224 g/mol. The lowest BCUT2D eigenvalue weighted by Gasteiger charge is -2.27. The number of methoxy groups -OCH3 is 1. The van der Waals surface area contributed by atoms with Crippen molar-refractivity contribution in [2.24, 2.45) is 0 Å². The minimum Gasteiger partial charge on any atom is -0.496 e. The van der Waals surface area contributed by atoms with Gasteiger partial charge in [-0.3, -0.25) is 0 Å². The quantitative estimate of drug-likeness (QED) is 0.880. The molecule has 100 valence electrons. The summed E-state index contributed by atoms with van der Waals surface area (Å²) in [6.45, 7) is 4.40. The fourth-order valence-electron chi connectivity index (χ4n) is 2.81. The minimum atomic E-state index is -0.0952. The van der Waals surface area contributed by atoms with Gasteiger partial charge in [0.25, 0.3) is 0 Å². The van der Waals surface area contributed by atoms with Crippen LogP contribution in [0, 0.1) is 0 Å². The van der Waals surface area contributed by atoms with Crippen LogP contribution >= 0.6 is 0 Å². The van der Waals surface area contributed by atoms with E-state index in [0.717, 1.165) is 31.4 Å². The molecule has 2 heteroatoms. The van der Waals surface area contributed by atoms with Crippen LogP contribution in [-0.4, -0.2) is 18.3 Å². The van der Waals surface area contributed by atoms with Crippen LogP contribution in [0.1, 0.15) is 62.5 Å². The third-order valence-corrected chi connectivity index (χ3v) is 4.06. The summed E-state index contributed by atoms with van der Waals surface area (Å²) in [6.07, 6.45) is 3.87. The van der Waals surface area contributed by atoms with E-state index in [0.29, 0.717) is 11.8 Å². The van der Waals surface area contributed by atoms with Gasteiger partial charge in [0, 0.05) is 0 Å². The molecule has 0 aliphatic heterocycles. The van der Waals surface area contributed by atoms with Crippen molar-refractivity contribution in [2.75, 3.05) is 7.11 Å². The molecule has 1 aliphatic rings. The molecule has 0 spiro atoms. The van der Waals surface area contributed by atoms with E-state index in [9.17, 15) is 5.11 Å². The molecule has 18 heavy (non-hydrogen) atoms. The van der Waals surface area contributed by atoms with Gasteiger partial charge in [-0.15, -0.1) is 0 Å². The Labute approximate surface area is 110 Å². The summed E-state index contributed by atoms with van der Waals surface area (Å²) in [5.41, 5.74) is 2.64. The first-order valence-electron chi connectivity index (χ1n) is 6.97. The van der Waals surface area contributed by atoms with Gasteiger partial charge in [-0.25, -0.2) is 0 Å². The van der Waals surface area contributed by atoms with Crippen LogP contribution in [0.5, 0.6) is 5.75 Å². The monoisotopic (exact) mass is 248 g/mol. The third kappa shape index (κ3) is 2.86. The zero-order valence-corrected chi connectivity index (χ0v) is 11.6. The summed E-state index contributed by atoms with van der Waals surface area (Å²) < 4.78 is 5.55. The summed E-state index contributed by atoms with van der Waals surface area (Å²) >= 11 is 0. The van der Waals surface area contributed by atoms with E-state index in [-0.39, 0.29) is 6.10 Å². The Bertz CT molecular complexity index is 390. The van der Waals surface area contributed by atoms with E-state index in [1.165, 1.54) is 11.1 Å². The van der Waals surface area contributed by atoms with Gasteiger partial charge in [0.15, 0.2) is 0 Å². The first kappa shape index (κ1) is 13.4. The first-order chi connectivity index (χ1) is 8.61. The van der Waals surface area contributed by atoms with Gasteiger partial charge in [-0.2, -0.15) is 0 Å². The SMILES string of the molecule is COc1cc(C(C)C)ccc1C1CCC(O)CC1. The Hall–Kier alpha value is -1.02. The molecule has 1 aliphatic carbocycles. The lowest BCUT2D eigenvalue weighted by Crippen LogP contribution is -2.17. The molecule has 1 fully saturated rings. The molecule has 1 aromatic carbocycles. The van der Waals surface area contributed by atoms with Crippen molar-refractivity contribution in [3.05, 3.63) is 29.3 Å². The highest BCUT2D eigenvalue weighted by atomic mass is 16.5. The zero-order chi connectivity index (χ0) is 13.1. The molecule has 0 saturated heterocycles. The number of hydrogen-bond donors (Lipinski definition) is 1. The standard InChI is InChI=1S/C16H24O2/c1-11(2)13-6-9-15(16(10-13)18-3)12-4-7-14(17)8-5-12/h6,9-12,14,17H,4-5,7-8H2,1-3H3. The molecule has 1 N–H and O–H groups in total. The van der Waals surface area contributed by atoms with Gasteiger partial charge in [0.1, 0.15) is 5.75 Å². The maximum atomic E-state index is 9.59. The Morgan fingerprint density at radius 2 is 1.83 bits per heavy atom. The average Bonchev–Trinajstić information content (AvgIpc) is 2.39. The Balaban J connectivity index is 2.22. The van der Waals surface area contributed by atoms with Crippen molar-refractivity contribution in [2.45, 2.75) is 57.5 Å². The Morgan fingerprint density at radius 1 is 1.17 bits per heavy atom. The smallest absolute Gasteiger partial charge is 0.122 e. The van der Waals surface area contributed by atoms with Crippen LogP contribution in [0.25, 0.3) is 0 Å². The van der Waals surface area contributed by atoms with Crippen LogP contribution in [0.15, 0.2) is 18.2 Å². The van der Waals surface area contributed by atoms with Gasteiger partial charge in [0.05, 0.1) is 13.2 Å². The van der Waals surface area contributed by atoms with Crippen LogP contribution < -0.4 is 4.74 Å². The molecule has 0 atom stereocenters.